The standard InChI is InChI=1S/C19H15FN2O4.C15H19N5O7S/c1-2-7-21-15-9-14(13(20)8-16(15)26-10-17(21)23)22-18(24)11-5-3-4-6-12(11)19(22)25;1-24-8-9-27-10-6-4-5-7-11(10)28(22,23)20-13(21)16-12-17-14(25-2)19-15(18-12)26-3/h1,8-9H,3-7,10H2;4-7H,8-9H2,1-3H3,(H2,16,17,18,19,20,21). The topological polar surface area (TPSA) is 218 Å². The van der Waals surface area contributed by atoms with Crippen molar-refractivity contribution in [3.8, 4) is 35.9 Å². The fourth-order valence-electron chi connectivity index (χ4n) is 5.51. The fraction of sp³-hybridized carbons (Fsp3) is 0.324. The Morgan fingerprint density at radius 1 is 0.963 bits per heavy atom. The summed E-state index contributed by atoms with van der Waals surface area (Å²) in [5.41, 5.74) is 0.992. The van der Waals surface area contributed by atoms with Crippen LogP contribution in [0.3, 0.4) is 0 Å². The number of amides is 5. The van der Waals surface area contributed by atoms with Crippen molar-refractivity contribution in [2.45, 2.75) is 30.6 Å². The molecule has 1 aliphatic carbocycles. The zero-order chi connectivity index (χ0) is 39.0. The van der Waals surface area contributed by atoms with E-state index in [1.807, 2.05) is 4.72 Å². The number of sulfonamides is 1. The van der Waals surface area contributed by atoms with Crippen molar-refractivity contribution in [2.24, 2.45) is 0 Å². The van der Waals surface area contributed by atoms with E-state index in [1.54, 1.807) is 6.07 Å². The van der Waals surface area contributed by atoms with Gasteiger partial charge in [-0.2, -0.15) is 9.97 Å². The van der Waals surface area contributed by atoms with E-state index < -0.39 is 33.7 Å². The Labute approximate surface area is 308 Å². The molecule has 0 radical (unpaired) electrons. The number of hydrogen-bond donors (Lipinski definition) is 2. The molecule has 54 heavy (non-hydrogen) atoms. The first kappa shape index (κ1) is 38.9. The molecule has 0 spiro atoms. The van der Waals surface area contributed by atoms with Gasteiger partial charge in [0.15, 0.2) is 12.4 Å². The van der Waals surface area contributed by atoms with Crippen LogP contribution in [0, 0.1) is 18.2 Å². The number of rotatable bonds is 11. The number of nitrogens with one attached hydrogen (secondary N) is 2. The number of terminal acetylenes is 1. The average molecular weight is 768 g/mol. The molecule has 2 aliphatic heterocycles. The number of fused-ring (bicyclic) bond motifs is 1. The average Bonchev–Trinajstić information content (AvgIpc) is 3.41. The molecule has 1 aromatic heterocycles. The third-order valence-corrected chi connectivity index (χ3v) is 9.32. The molecule has 3 aromatic rings. The summed E-state index contributed by atoms with van der Waals surface area (Å²) in [6.45, 7) is 0.146. The molecule has 3 aliphatic rings. The lowest BCUT2D eigenvalue weighted by atomic mass is 9.93. The van der Waals surface area contributed by atoms with Gasteiger partial charge in [-0.25, -0.2) is 27.2 Å². The third kappa shape index (κ3) is 8.48. The summed E-state index contributed by atoms with van der Waals surface area (Å²) in [5, 5.41) is 2.18. The molecule has 18 nitrogen and oxygen atoms in total. The van der Waals surface area contributed by atoms with E-state index in [1.165, 1.54) is 50.5 Å². The molecule has 3 heterocycles. The van der Waals surface area contributed by atoms with Gasteiger partial charge in [-0.05, 0) is 43.9 Å². The van der Waals surface area contributed by atoms with Gasteiger partial charge in [0.05, 0.1) is 38.7 Å². The summed E-state index contributed by atoms with van der Waals surface area (Å²) in [5.74, 6) is 0.215. The first-order valence-corrected chi connectivity index (χ1v) is 17.6. The van der Waals surface area contributed by atoms with Crippen molar-refractivity contribution in [1.82, 2.24) is 19.7 Å². The minimum atomic E-state index is -4.24. The van der Waals surface area contributed by atoms with Crippen LogP contribution >= 0.6 is 0 Å². The van der Waals surface area contributed by atoms with Gasteiger partial charge in [0.2, 0.25) is 5.95 Å². The summed E-state index contributed by atoms with van der Waals surface area (Å²) in [6, 6.07) is 6.88. The van der Waals surface area contributed by atoms with Crippen LogP contribution in [0.5, 0.6) is 23.5 Å². The molecule has 0 fully saturated rings. The number of nitrogens with zero attached hydrogens (tertiary/aromatic N) is 5. The number of urea groups is 1. The Bertz CT molecular complexity index is 2110. The largest absolute Gasteiger partial charge is 0.490 e. The molecule has 0 bridgehead atoms. The van der Waals surface area contributed by atoms with Crippen LogP contribution in [-0.2, 0) is 29.1 Å². The Morgan fingerprint density at radius 3 is 2.22 bits per heavy atom. The number of aromatic nitrogens is 3. The number of carbonyl (C=O) groups excluding carboxylic acids is 4. The predicted octanol–water partition coefficient (Wildman–Crippen LogP) is 2.35. The molecular formula is C34H34FN7O11S. The Hall–Kier alpha value is -6.33. The first-order valence-electron chi connectivity index (χ1n) is 16.1. The minimum Gasteiger partial charge on any atom is -0.490 e. The molecule has 0 saturated heterocycles. The maximum atomic E-state index is 14.7. The number of hydrogen-bond acceptors (Lipinski definition) is 14. The van der Waals surface area contributed by atoms with E-state index in [0.29, 0.717) is 24.0 Å². The lowest BCUT2D eigenvalue weighted by molar-refractivity contribution is -0.121. The normalized spacial score (nSPS) is 14.9. The number of anilines is 3. The van der Waals surface area contributed by atoms with E-state index in [9.17, 15) is 32.0 Å². The molecule has 2 N–H and O–H groups in total. The van der Waals surface area contributed by atoms with E-state index in [4.69, 9.17) is 30.1 Å². The molecule has 2 aromatic carbocycles. The van der Waals surface area contributed by atoms with E-state index in [-0.39, 0.29) is 78.0 Å². The molecule has 284 valence electrons. The van der Waals surface area contributed by atoms with Gasteiger partial charge in [0.1, 0.15) is 23.0 Å². The van der Waals surface area contributed by atoms with Crippen LogP contribution in [0.25, 0.3) is 0 Å². The van der Waals surface area contributed by atoms with Crippen LogP contribution in [0.1, 0.15) is 25.7 Å². The van der Waals surface area contributed by atoms with Crippen LogP contribution < -0.4 is 38.8 Å². The number of para-hydroxylation sites is 1. The van der Waals surface area contributed by atoms with Gasteiger partial charge in [-0.1, -0.05) is 18.1 Å². The lowest BCUT2D eigenvalue weighted by Crippen LogP contribution is -2.39. The molecular weight excluding hydrogens is 733 g/mol. The highest BCUT2D eigenvalue weighted by molar-refractivity contribution is 7.90. The monoisotopic (exact) mass is 767 g/mol. The third-order valence-electron chi connectivity index (χ3n) is 7.95. The summed E-state index contributed by atoms with van der Waals surface area (Å²) >= 11 is 0. The van der Waals surface area contributed by atoms with Crippen molar-refractivity contribution < 1.29 is 55.7 Å². The Morgan fingerprint density at radius 2 is 1.61 bits per heavy atom. The van der Waals surface area contributed by atoms with Crippen molar-refractivity contribution in [3.63, 3.8) is 0 Å². The second-order valence-electron chi connectivity index (χ2n) is 11.3. The predicted molar refractivity (Wildman–Crippen MR) is 187 cm³/mol. The molecule has 20 heteroatoms. The molecule has 0 atom stereocenters. The number of ether oxygens (including phenoxy) is 5. The highest BCUT2D eigenvalue weighted by Gasteiger charge is 2.41. The SMILES string of the molecule is C#CCN1C(=O)COc2cc(F)c(N3C(=O)C4=C(CCCC4)C3=O)cc21.COCCOc1ccccc1S(=O)(=O)NC(=O)Nc1nc(OC)nc(OC)n1. The van der Waals surface area contributed by atoms with Gasteiger partial charge in [0.25, 0.3) is 27.7 Å². The number of halogens is 1. The van der Waals surface area contributed by atoms with E-state index >= 15 is 0 Å². The summed E-state index contributed by atoms with van der Waals surface area (Å²) < 4.78 is 66.8. The maximum Gasteiger partial charge on any atom is 0.335 e. The number of imide groups is 1. The zero-order valence-electron chi connectivity index (χ0n) is 29.2. The molecule has 5 amide bonds. The first-order chi connectivity index (χ1) is 25.9. The minimum absolute atomic E-state index is 0.0170. The lowest BCUT2D eigenvalue weighted by Gasteiger charge is -2.29. The second kappa shape index (κ2) is 17.0. The van der Waals surface area contributed by atoms with Crippen LogP contribution in [0.4, 0.5) is 26.5 Å². The van der Waals surface area contributed by atoms with Crippen molar-refractivity contribution in [2.75, 3.05) is 62.8 Å². The van der Waals surface area contributed by atoms with Gasteiger partial charge in [-0.15, -0.1) is 11.4 Å². The van der Waals surface area contributed by atoms with E-state index in [0.717, 1.165) is 23.8 Å². The van der Waals surface area contributed by atoms with Gasteiger partial charge < -0.3 is 23.7 Å². The Balaban J connectivity index is 0.000000208. The quantitative estimate of drug-likeness (QED) is 0.163. The van der Waals surface area contributed by atoms with Gasteiger partial charge >= 0.3 is 18.1 Å². The summed E-state index contributed by atoms with van der Waals surface area (Å²) in [6.07, 6.45) is 8.01. The zero-order valence-corrected chi connectivity index (χ0v) is 30.0. The fourth-order valence-corrected chi connectivity index (χ4v) is 6.57. The smallest absolute Gasteiger partial charge is 0.335 e. The number of carbonyl (C=O) groups is 4. The van der Waals surface area contributed by atoms with E-state index in [2.05, 4.69) is 26.2 Å². The summed E-state index contributed by atoms with van der Waals surface area (Å²) in [7, 11) is -0.133. The molecule has 0 unspecified atom stereocenters. The van der Waals surface area contributed by atoms with Crippen LogP contribution in [-0.4, -0.2) is 94.8 Å². The van der Waals surface area contributed by atoms with Crippen molar-refractivity contribution >= 4 is 51.1 Å². The van der Waals surface area contributed by atoms with Crippen LogP contribution in [0.2, 0.25) is 0 Å². The van der Waals surface area contributed by atoms with Gasteiger partial charge in [0, 0.05) is 24.3 Å². The number of benzene rings is 2. The second-order valence-corrected chi connectivity index (χ2v) is 13.0. The van der Waals surface area contributed by atoms with Crippen molar-refractivity contribution in [1.29, 1.82) is 0 Å². The maximum absolute atomic E-state index is 14.7. The van der Waals surface area contributed by atoms with Crippen LogP contribution in [0.15, 0.2) is 52.4 Å². The highest BCUT2D eigenvalue weighted by atomic mass is 32.2. The Kier molecular flexibility index (Phi) is 12.2. The van der Waals surface area contributed by atoms with Crippen molar-refractivity contribution in [3.05, 3.63) is 53.4 Å². The van der Waals surface area contributed by atoms with Gasteiger partial charge in [-0.3, -0.25) is 24.6 Å². The number of methoxy groups -OCH3 is 3. The summed E-state index contributed by atoms with van der Waals surface area (Å²) in [4.78, 5) is 62.8. The highest BCUT2D eigenvalue weighted by Crippen LogP contribution is 2.41. The molecule has 0 saturated carbocycles. The molecule has 6 rings (SSSR count).